The summed E-state index contributed by atoms with van der Waals surface area (Å²) in [7, 11) is 0. The van der Waals surface area contributed by atoms with E-state index in [4.69, 9.17) is 9.72 Å². The van der Waals surface area contributed by atoms with Gasteiger partial charge in [-0.25, -0.2) is 4.98 Å². The molecular weight excluding hydrogens is 418 g/mol. The van der Waals surface area contributed by atoms with Crippen molar-refractivity contribution < 1.29 is 4.74 Å². The Morgan fingerprint density at radius 3 is 2.88 bits per heavy atom. The fourth-order valence-electron chi connectivity index (χ4n) is 4.15. The number of aryl methyl sites for hydroxylation is 3. The number of fused-ring (bicyclic) bond motifs is 1. The van der Waals surface area contributed by atoms with Crippen LogP contribution in [0.15, 0.2) is 48.7 Å². The third kappa shape index (κ3) is 4.50. The molecule has 1 saturated heterocycles. The molecule has 4 heterocycles. The minimum absolute atomic E-state index is 0.0583. The molecule has 1 aromatic carbocycles. The molecule has 6 nitrogen and oxygen atoms in total. The monoisotopic (exact) mass is 445 g/mol. The van der Waals surface area contributed by atoms with Gasteiger partial charge < -0.3 is 10.1 Å². The average molecular weight is 446 g/mol. The molecule has 0 aliphatic carbocycles. The number of ether oxygens (including phenoxy) is 1. The summed E-state index contributed by atoms with van der Waals surface area (Å²) in [4.78, 5) is 17.6. The van der Waals surface area contributed by atoms with Crippen LogP contribution in [0.1, 0.15) is 33.6 Å². The Hall–Kier alpha value is -2.87. The second-order valence-electron chi connectivity index (χ2n) is 8.29. The maximum Gasteiger partial charge on any atom is 0.187 e. The molecule has 0 bridgehead atoms. The Morgan fingerprint density at radius 1 is 1.12 bits per heavy atom. The van der Waals surface area contributed by atoms with Crippen LogP contribution in [0.3, 0.4) is 0 Å². The predicted molar refractivity (Wildman–Crippen MR) is 130 cm³/mol. The molecule has 1 fully saturated rings. The number of pyridine rings is 2. The molecule has 3 aromatic heterocycles. The van der Waals surface area contributed by atoms with Crippen LogP contribution < -0.4 is 5.32 Å². The van der Waals surface area contributed by atoms with Crippen LogP contribution in [0.5, 0.6) is 0 Å². The lowest BCUT2D eigenvalue weighted by atomic mass is 10.1. The zero-order valence-electron chi connectivity index (χ0n) is 18.6. The van der Waals surface area contributed by atoms with Crippen molar-refractivity contribution >= 4 is 33.1 Å². The minimum atomic E-state index is -0.0583. The van der Waals surface area contributed by atoms with Crippen molar-refractivity contribution in [3.63, 3.8) is 0 Å². The maximum absolute atomic E-state index is 6.15. The standard InChI is InChI=1S/C25H27N5OS/c1-16-12-20(29-25-28-17(2)18(3)32-25)13-23(27-16)24-15-30(10-11-31-24)14-19-6-4-8-22-21(19)7-5-9-26-22/h4-9,12-13,24H,10-11,14-15H2,1-3H3,(H,27,28,29). The fourth-order valence-corrected chi connectivity index (χ4v) is 4.99. The molecule has 1 aliphatic heterocycles. The van der Waals surface area contributed by atoms with E-state index in [2.05, 4.69) is 63.5 Å². The zero-order chi connectivity index (χ0) is 22.1. The fraction of sp³-hybridized carbons (Fsp3) is 0.320. The number of anilines is 2. The maximum atomic E-state index is 6.15. The van der Waals surface area contributed by atoms with Gasteiger partial charge in [-0.15, -0.1) is 11.3 Å². The number of aromatic nitrogens is 3. The van der Waals surface area contributed by atoms with Gasteiger partial charge in [0.25, 0.3) is 0 Å². The van der Waals surface area contributed by atoms with Crippen molar-refractivity contribution in [1.82, 2.24) is 19.9 Å². The summed E-state index contributed by atoms with van der Waals surface area (Å²) in [6.07, 6.45) is 1.79. The second kappa shape index (κ2) is 8.94. The van der Waals surface area contributed by atoms with Crippen molar-refractivity contribution in [3.8, 4) is 0 Å². The van der Waals surface area contributed by atoms with E-state index in [1.165, 1.54) is 15.8 Å². The Kier molecular flexibility index (Phi) is 5.87. The van der Waals surface area contributed by atoms with Crippen LogP contribution in [-0.4, -0.2) is 39.5 Å². The first-order valence-corrected chi connectivity index (χ1v) is 11.7. The number of benzene rings is 1. The smallest absolute Gasteiger partial charge is 0.187 e. The predicted octanol–water partition coefficient (Wildman–Crippen LogP) is 5.33. The van der Waals surface area contributed by atoms with Crippen LogP contribution >= 0.6 is 11.3 Å². The van der Waals surface area contributed by atoms with Gasteiger partial charge in [-0.3, -0.25) is 14.9 Å². The van der Waals surface area contributed by atoms with Gasteiger partial charge in [-0.1, -0.05) is 18.2 Å². The van der Waals surface area contributed by atoms with Crippen LogP contribution in [0.2, 0.25) is 0 Å². The van der Waals surface area contributed by atoms with Crippen molar-refractivity contribution in [2.24, 2.45) is 0 Å². The molecule has 0 radical (unpaired) electrons. The highest BCUT2D eigenvalue weighted by atomic mass is 32.1. The molecule has 32 heavy (non-hydrogen) atoms. The molecule has 4 aromatic rings. The van der Waals surface area contributed by atoms with Crippen molar-refractivity contribution in [2.45, 2.75) is 33.4 Å². The van der Waals surface area contributed by atoms with Crippen molar-refractivity contribution in [2.75, 3.05) is 25.0 Å². The molecule has 1 N–H and O–H groups in total. The summed E-state index contributed by atoms with van der Waals surface area (Å²) >= 11 is 1.67. The highest BCUT2D eigenvalue weighted by Crippen LogP contribution is 2.29. The Bertz CT molecular complexity index is 1230. The number of hydrogen-bond donors (Lipinski definition) is 1. The Balaban J connectivity index is 1.34. The summed E-state index contributed by atoms with van der Waals surface area (Å²) in [5.74, 6) is 0. The molecule has 7 heteroatoms. The SMILES string of the molecule is Cc1cc(Nc2nc(C)c(C)s2)cc(C2CN(Cc3cccc4ncccc34)CCO2)n1. The third-order valence-electron chi connectivity index (χ3n) is 5.86. The first-order chi connectivity index (χ1) is 15.5. The van der Waals surface area contributed by atoms with Crippen LogP contribution in [0, 0.1) is 20.8 Å². The van der Waals surface area contributed by atoms with Gasteiger partial charge in [0.05, 0.1) is 23.5 Å². The molecule has 0 spiro atoms. The molecule has 1 aliphatic rings. The second-order valence-corrected chi connectivity index (χ2v) is 9.49. The van der Waals surface area contributed by atoms with Crippen LogP contribution in [0.4, 0.5) is 10.8 Å². The molecule has 0 amide bonds. The zero-order valence-corrected chi connectivity index (χ0v) is 19.4. The van der Waals surface area contributed by atoms with Gasteiger partial charge in [0.1, 0.15) is 6.10 Å². The number of nitrogens with one attached hydrogen (secondary N) is 1. The number of thiazole rings is 1. The minimum Gasteiger partial charge on any atom is -0.369 e. The lowest BCUT2D eigenvalue weighted by Crippen LogP contribution is -2.38. The van der Waals surface area contributed by atoms with Crippen molar-refractivity contribution in [3.05, 3.63) is 76.2 Å². The number of hydrogen-bond acceptors (Lipinski definition) is 7. The van der Waals surface area contributed by atoms with Crippen molar-refractivity contribution in [1.29, 1.82) is 0 Å². The first-order valence-electron chi connectivity index (χ1n) is 10.9. The summed E-state index contributed by atoms with van der Waals surface area (Å²) in [6.45, 7) is 9.43. The topological polar surface area (TPSA) is 63.2 Å². The molecular formula is C25H27N5OS. The molecule has 5 rings (SSSR count). The number of morpholine rings is 1. The summed E-state index contributed by atoms with van der Waals surface area (Å²) in [5, 5.41) is 5.57. The van der Waals surface area contributed by atoms with E-state index in [0.717, 1.165) is 53.1 Å². The van der Waals surface area contributed by atoms with Gasteiger partial charge in [0.15, 0.2) is 5.13 Å². The Morgan fingerprint density at radius 2 is 2.03 bits per heavy atom. The quantitative estimate of drug-likeness (QED) is 0.448. The van der Waals surface area contributed by atoms with E-state index in [9.17, 15) is 0 Å². The van der Waals surface area contributed by atoms with Gasteiger partial charge >= 0.3 is 0 Å². The van der Waals surface area contributed by atoms with E-state index in [1.807, 2.05) is 26.1 Å². The summed E-state index contributed by atoms with van der Waals surface area (Å²) < 4.78 is 6.15. The van der Waals surface area contributed by atoms with E-state index >= 15 is 0 Å². The normalized spacial score (nSPS) is 17.0. The number of nitrogens with zero attached hydrogens (tertiary/aromatic N) is 4. The summed E-state index contributed by atoms with van der Waals surface area (Å²) in [5.41, 5.74) is 6.34. The lowest BCUT2D eigenvalue weighted by Gasteiger charge is -2.33. The van der Waals surface area contributed by atoms with Gasteiger partial charge in [-0.2, -0.15) is 0 Å². The largest absolute Gasteiger partial charge is 0.369 e. The average Bonchev–Trinajstić information content (AvgIpc) is 3.10. The van der Waals surface area contributed by atoms with E-state index in [0.29, 0.717) is 6.61 Å². The van der Waals surface area contributed by atoms with E-state index < -0.39 is 0 Å². The highest BCUT2D eigenvalue weighted by molar-refractivity contribution is 7.15. The van der Waals surface area contributed by atoms with Gasteiger partial charge in [0.2, 0.25) is 0 Å². The van der Waals surface area contributed by atoms with E-state index in [-0.39, 0.29) is 6.10 Å². The van der Waals surface area contributed by atoms with Gasteiger partial charge in [-0.05, 0) is 50.6 Å². The lowest BCUT2D eigenvalue weighted by molar-refractivity contribution is -0.0349. The van der Waals surface area contributed by atoms with Crippen LogP contribution in [0.25, 0.3) is 10.9 Å². The Labute approximate surface area is 192 Å². The molecule has 0 saturated carbocycles. The molecule has 1 atom stereocenters. The third-order valence-corrected chi connectivity index (χ3v) is 6.85. The summed E-state index contributed by atoms with van der Waals surface area (Å²) in [6, 6.07) is 14.7. The molecule has 1 unspecified atom stereocenters. The molecule has 164 valence electrons. The number of rotatable bonds is 5. The first kappa shape index (κ1) is 21.0. The van der Waals surface area contributed by atoms with Gasteiger partial charge in [0, 0.05) is 47.5 Å². The van der Waals surface area contributed by atoms with Crippen LogP contribution in [-0.2, 0) is 11.3 Å². The highest BCUT2D eigenvalue weighted by Gasteiger charge is 2.24. The van der Waals surface area contributed by atoms with E-state index in [1.54, 1.807) is 11.3 Å².